The Labute approximate surface area is 182 Å². The number of rotatable bonds is 6. The van der Waals surface area contributed by atoms with Gasteiger partial charge in [0, 0.05) is 0 Å². The van der Waals surface area contributed by atoms with Gasteiger partial charge in [-0.3, -0.25) is 0 Å². The summed E-state index contributed by atoms with van der Waals surface area (Å²) in [6.45, 7) is 9.91. The van der Waals surface area contributed by atoms with Gasteiger partial charge in [-0.2, -0.15) is 0 Å². The van der Waals surface area contributed by atoms with Crippen molar-refractivity contribution in [2.24, 2.45) is 11.8 Å². The van der Waals surface area contributed by atoms with E-state index in [1.165, 1.54) is 39.9 Å². The minimum absolute atomic E-state index is 0.613. The Morgan fingerprint density at radius 1 is 0.833 bits per heavy atom. The first-order chi connectivity index (χ1) is 14.3. The second kappa shape index (κ2) is 7.45. The van der Waals surface area contributed by atoms with Gasteiger partial charge in [0.05, 0.1) is 6.61 Å². The zero-order chi connectivity index (χ0) is 20.9. The van der Waals surface area contributed by atoms with E-state index in [4.69, 9.17) is 8.54 Å². The highest BCUT2D eigenvalue weighted by Crippen LogP contribution is 2.52. The summed E-state index contributed by atoms with van der Waals surface area (Å²) in [5, 5.41) is 5.13. The van der Waals surface area contributed by atoms with Gasteiger partial charge in [-0.25, -0.2) is 0 Å². The maximum absolute atomic E-state index is 6.93. The lowest BCUT2D eigenvalue weighted by molar-refractivity contribution is 0.234. The Hall–Kier alpha value is -1.73. The molecule has 2 bridgehead atoms. The van der Waals surface area contributed by atoms with E-state index in [-0.39, 0.29) is 0 Å². The maximum atomic E-state index is 6.93. The SMILES string of the molecule is C[Si](C)(OCc1c2ccccc2cc2ccccc12)O[Si](C)(C)C1CC2C=C[C@@H]1C2. The molecule has 2 unspecified atom stereocenters. The average molecular weight is 433 g/mol. The smallest absolute Gasteiger partial charge is 0.321 e. The molecular weight excluding hydrogens is 400 g/mol. The Bertz CT molecular complexity index is 1060. The molecule has 0 aliphatic heterocycles. The maximum Gasteiger partial charge on any atom is 0.321 e. The average Bonchev–Trinajstić information content (AvgIpc) is 3.34. The molecular formula is C26H32O2Si2. The highest BCUT2D eigenvalue weighted by Gasteiger charge is 2.48. The van der Waals surface area contributed by atoms with Crippen molar-refractivity contribution in [2.45, 2.75) is 51.2 Å². The van der Waals surface area contributed by atoms with Crippen molar-refractivity contribution in [3.63, 3.8) is 0 Å². The Balaban J connectivity index is 1.39. The van der Waals surface area contributed by atoms with Crippen LogP contribution in [0.1, 0.15) is 18.4 Å². The molecule has 1 saturated carbocycles. The summed E-state index contributed by atoms with van der Waals surface area (Å²) in [5.74, 6) is 1.53. The predicted molar refractivity (Wildman–Crippen MR) is 131 cm³/mol. The largest absolute Gasteiger partial charge is 0.436 e. The topological polar surface area (TPSA) is 18.5 Å². The Morgan fingerprint density at radius 3 is 2.03 bits per heavy atom. The van der Waals surface area contributed by atoms with Crippen LogP contribution >= 0.6 is 0 Å². The second-order valence-electron chi connectivity index (χ2n) is 10.1. The van der Waals surface area contributed by atoms with Gasteiger partial charge in [0.1, 0.15) is 0 Å². The van der Waals surface area contributed by atoms with E-state index in [0.29, 0.717) is 6.61 Å². The quantitative estimate of drug-likeness (QED) is 0.229. The van der Waals surface area contributed by atoms with Gasteiger partial charge >= 0.3 is 8.56 Å². The molecule has 30 heavy (non-hydrogen) atoms. The van der Waals surface area contributed by atoms with Gasteiger partial charge < -0.3 is 8.54 Å². The van der Waals surface area contributed by atoms with Crippen LogP contribution in [0.2, 0.25) is 31.7 Å². The third-order valence-corrected chi connectivity index (χ3v) is 14.5. The normalized spacial score (nSPS) is 23.7. The number of benzene rings is 3. The molecule has 4 heteroatoms. The Kier molecular flexibility index (Phi) is 5.01. The van der Waals surface area contributed by atoms with E-state index >= 15 is 0 Å². The molecule has 5 rings (SSSR count). The third kappa shape index (κ3) is 3.71. The molecule has 0 amide bonds. The van der Waals surface area contributed by atoms with Crippen molar-refractivity contribution in [3.8, 4) is 0 Å². The Morgan fingerprint density at radius 2 is 1.47 bits per heavy atom. The number of hydrogen-bond donors (Lipinski definition) is 0. The van der Waals surface area contributed by atoms with Crippen molar-refractivity contribution in [2.75, 3.05) is 0 Å². The van der Waals surface area contributed by atoms with Gasteiger partial charge in [-0.05, 0) is 89.6 Å². The van der Waals surface area contributed by atoms with Gasteiger partial charge in [0.15, 0.2) is 8.32 Å². The standard InChI is InChI=1S/C26H32O2Si2/c1-29(2,26-16-19-13-14-22(26)15-19)28-30(3,4)27-18-25-23-11-7-5-9-20(23)17-21-10-6-8-12-24(21)25/h5-14,17,19,22,26H,15-16,18H2,1-4H3/t19?,22-,26?/m1/s1. The van der Waals surface area contributed by atoms with E-state index in [1.54, 1.807) is 0 Å². The van der Waals surface area contributed by atoms with Crippen LogP contribution in [0.5, 0.6) is 0 Å². The highest BCUT2D eigenvalue weighted by molar-refractivity contribution is 6.83. The van der Waals surface area contributed by atoms with E-state index in [1.807, 2.05) is 0 Å². The van der Waals surface area contributed by atoms with Crippen molar-refractivity contribution < 1.29 is 8.54 Å². The second-order valence-corrected chi connectivity index (χ2v) is 17.9. The fraction of sp³-hybridized carbons (Fsp3) is 0.385. The molecule has 0 N–H and O–H groups in total. The number of allylic oxidation sites excluding steroid dienone is 2. The summed E-state index contributed by atoms with van der Waals surface area (Å²) >= 11 is 0. The molecule has 3 atom stereocenters. The van der Waals surface area contributed by atoms with Crippen LogP contribution in [-0.4, -0.2) is 16.9 Å². The lowest BCUT2D eigenvalue weighted by Crippen LogP contribution is -2.50. The van der Waals surface area contributed by atoms with Crippen LogP contribution in [0.25, 0.3) is 21.5 Å². The van der Waals surface area contributed by atoms with Crippen LogP contribution in [0.4, 0.5) is 0 Å². The van der Waals surface area contributed by atoms with E-state index in [2.05, 4.69) is 92.9 Å². The molecule has 2 aliphatic carbocycles. The van der Waals surface area contributed by atoms with Crippen molar-refractivity contribution in [1.82, 2.24) is 0 Å². The molecule has 3 aromatic carbocycles. The summed E-state index contributed by atoms with van der Waals surface area (Å²) in [5.41, 5.74) is 2.02. The highest BCUT2D eigenvalue weighted by atomic mass is 28.4. The lowest BCUT2D eigenvalue weighted by atomic mass is 9.97. The number of hydrogen-bond acceptors (Lipinski definition) is 2. The van der Waals surface area contributed by atoms with E-state index in [9.17, 15) is 0 Å². The zero-order valence-corrected chi connectivity index (χ0v) is 20.5. The van der Waals surface area contributed by atoms with Crippen LogP contribution < -0.4 is 0 Å². The molecule has 0 spiro atoms. The molecule has 0 heterocycles. The minimum Gasteiger partial charge on any atom is -0.436 e. The molecule has 156 valence electrons. The minimum atomic E-state index is -2.25. The molecule has 2 aliphatic rings. The molecule has 1 fully saturated rings. The van der Waals surface area contributed by atoms with Gasteiger partial charge in [-0.1, -0.05) is 60.7 Å². The van der Waals surface area contributed by atoms with E-state index in [0.717, 1.165) is 17.4 Å². The lowest BCUT2D eigenvalue weighted by Gasteiger charge is -2.39. The summed E-state index contributed by atoms with van der Waals surface area (Å²) < 4.78 is 13.6. The summed E-state index contributed by atoms with van der Waals surface area (Å²) in [6, 6.07) is 19.6. The molecule has 3 aromatic rings. The third-order valence-electron chi connectivity index (χ3n) is 7.13. The molecule has 2 nitrogen and oxygen atoms in total. The fourth-order valence-electron chi connectivity index (χ4n) is 5.83. The van der Waals surface area contributed by atoms with Gasteiger partial charge in [0.25, 0.3) is 0 Å². The van der Waals surface area contributed by atoms with Crippen LogP contribution in [0, 0.1) is 11.8 Å². The van der Waals surface area contributed by atoms with Gasteiger partial charge in [0.2, 0.25) is 0 Å². The zero-order valence-electron chi connectivity index (χ0n) is 18.5. The summed E-state index contributed by atoms with van der Waals surface area (Å²) in [7, 11) is -4.07. The molecule has 0 radical (unpaired) electrons. The first-order valence-corrected chi connectivity index (χ1v) is 17.0. The molecule has 0 saturated heterocycles. The van der Waals surface area contributed by atoms with Gasteiger partial charge in [-0.15, -0.1) is 0 Å². The van der Waals surface area contributed by atoms with Crippen LogP contribution in [0.15, 0.2) is 66.7 Å². The predicted octanol–water partition coefficient (Wildman–Crippen LogP) is 7.40. The first-order valence-electron chi connectivity index (χ1n) is 11.2. The fourth-order valence-corrected chi connectivity index (χ4v) is 14.4. The summed E-state index contributed by atoms with van der Waals surface area (Å²) in [4.78, 5) is 0. The van der Waals surface area contributed by atoms with Crippen molar-refractivity contribution in [1.29, 1.82) is 0 Å². The monoisotopic (exact) mass is 432 g/mol. The van der Waals surface area contributed by atoms with Crippen molar-refractivity contribution in [3.05, 3.63) is 72.3 Å². The summed E-state index contributed by atoms with van der Waals surface area (Å²) in [6.07, 6.45) is 7.54. The van der Waals surface area contributed by atoms with E-state index < -0.39 is 16.9 Å². The van der Waals surface area contributed by atoms with Crippen LogP contribution in [-0.2, 0) is 15.1 Å². The first kappa shape index (κ1) is 20.2. The van der Waals surface area contributed by atoms with Crippen LogP contribution in [0.3, 0.4) is 0 Å². The van der Waals surface area contributed by atoms with Crippen molar-refractivity contribution >= 4 is 38.4 Å². The number of fused-ring (bicyclic) bond motifs is 4. The molecule has 0 aromatic heterocycles.